The summed E-state index contributed by atoms with van der Waals surface area (Å²) >= 11 is 0. The highest BCUT2D eigenvalue weighted by molar-refractivity contribution is 7.91. The third-order valence-corrected chi connectivity index (χ3v) is 10.0. The lowest BCUT2D eigenvalue weighted by Gasteiger charge is -2.41. The zero-order valence-corrected chi connectivity index (χ0v) is 26.2. The highest BCUT2D eigenvalue weighted by atomic mass is 32.2. The molecule has 0 bridgehead atoms. The molecule has 45 heavy (non-hydrogen) atoms. The van der Waals surface area contributed by atoms with Crippen LogP contribution in [-0.4, -0.2) is 69.3 Å². The molecule has 3 aromatic carbocycles. The van der Waals surface area contributed by atoms with E-state index in [2.05, 4.69) is 10.2 Å². The van der Waals surface area contributed by atoms with Gasteiger partial charge >= 0.3 is 6.18 Å². The zero-order valence-electron chi connectivity index (χ0n) is 25.4. The number of amides is 2. The lowest BCUT2D eigenvalue weighted by molar-refractivity contribution is -0.137. The van der Waals surface area contributed by atoms with E-state index in [1.807, 2.05) is 0 Å². The molecule has 2 amide bonds. The lowest BCUT2D eigenvalue weighted by Crippen LogP contribution is -2.45. The summed E-state index contributed by atoms with van der Waals surface area (Å²) in [4.78, 5) is 29.5. The molecule has 1 aliphatic heterocycles. The quantitative estimate of drug-likeness (QED) is 0.314. The van der Waals surface area contributed by atoms with E-state index in [1.54, 1.807) is 57.4 Å². The molecule has 0 aliphatic carbocycles. The summed E-state index contributed by atoms with van der Waals surface area (Å²) in [6, 6.07) is 17.2. The van der Waals surface area contributed by atoms with Crippen molar-refractivity contribution in [2.45, 2.75) is 55.3 Å². The number of nitrogens with zero attached hydrogens (tertiary/aromatic N) is 2. The smallest absolute Gasteiger partial charge is 0.394 e. The molecule has 12 heteroatoms. The average molecular weight is 646 g/mol. The van der Waals surface area contributed by atoms with Gasteiger partial charge in [0.25, 0.3) is 5.91 Å². The topological polar surface area (TPSA) is 107 Å². The monoisotopic (exact) mass is 645 g/mol. The molecule has 0 saturated carbocycles. The molecule has 8 nitrogen and oxygen atoms in total. The van der Waals surface area contributed by atoms with Gasteiger partial charge < -0.3 is 20.2 Å². The number of halogens is 3. The molecular weight excluding hydrogens is 607 g/mol. The molecule has 1 aliphatic rings. The summed E-state index contributed by atoms with van der Waals surface area (Å²) in [7, 11) is -0.00541. The molecule has 1 heterocycles. The molecule has 242 valence electrons. The number of aliphatic hydroxyl groups excluding tert-OH is 1. The Bertz CT molecular complexity index is 1580. The first-order chi connectivity index (χ1) is 21.2. The van der Waals surface area contributed by atoms with Gasteiger partial charge in [0.2, 0.25) is 5.91 Å². The van der Waals surface area contributed by atoms with Crippen molar-refractivity contribution in [3.63, 3.8) is 0 Å². The minimum Gasteiger partial charge on any atom is -0.394 e. The number of rotatable bonds is 10. The molecule has 0 aromatic heterocycles. The first-order valence-electron chi connectivity index (χ1n) is 14.7. The number of nitrogens with one attached hydrogen (secondary N) is 1. The predicted octanol–water partition coefficient (Wildman–Crippen LogP) is 5.19. The number of benzene rings is 3. The molecule has 1 unspecified atom stereocenters. The standard InChI is InChI=1S/C33H38F3N3O5S/c1-4-45(43,44)29-17-10-23(11-18-29)30(21-40)37-32(42)24-7-14-27(15-8-24)39-20-25(9-16-28(39)19-31(41)38(2)3)22-5-12-26(13-6-22)33(34,35)36/h5-8,10-15,17-18,25,28,30,40H,4,9,16,19-21H2,1-3H3,(H,37,42)/t25?,28-,30-/m0/s1. The van der Waals surface area contributed by atoms with Crippen molar-refractivity contribution >= 4 is 27.3 Å². The number of anilines is 1. The van der Waals surface area contributed by atoms with Crippen molar-refractivity contribution in [3.8, 4) is 0 Å². The van der Waals surface area contributed by atoms with Gasteiger partial charge in [-0.3, -0.25) is 9.59 Å². The fourth-order valence-corrected chi connectivity index (χ4v) is 6.39. The van der Waals surface area contributed by atoms with Crippen LogP contribution in [0.25, 0.3) is 0 Å². The normalized spacial score (nSPS) is 17.9. The van der Waals surface area contributed by atoms with Crippen molar-refractivity contribution in [3.05, 3.63) is 95.1 Å². The van der Waals surface area contributed by atoms with Gasteiger partial charge in [-0.2, -0.15) is 13.2 Å². The number of carbonyl (C=O) groups is 2. The van der Waals surface area contributed by atoms with Crippen molar-refractivity contribution in [2.24, 2.45) is 0 Å². The van der Waals surface area contributed by atoms with Crippen LogP contribution in [-0.2, 0) is 20.8 Å². The third kappa shape index (κ3) is 8.23. The van der Waals surface area contributed by atoms with Crippen LogP contribution < -0.4 is 10.2 Å². The van der Waals surface area contributed by atoms with E-state index in [4.69, 9.17) is 0 Å². The van der Waals surface area contributed by atoms with E-state index >= 15 is 0 Å². The fourth-order valence-electron chi connectivity index (χ4n) is 5.51. The Balaban J connectivity index is 1.51. The van der Waals surface area contributed by atoms with Crippen LogP contribution in [0.2, 0.25) is 0 Å². The summed E-state index contributed by atoms with van der Waals surface area (Å²) in [5.74, 6) is -0.566. The second kappa shape index (κ2) is 14.0. The lowest BCUT2D eigenvalue weighted by atomic mass is 9.85. The second-order valence-corrected chi connectivity index (χ2v) is 13.7. The van der Waals surface area contributed by atoms with Crippen LogP contribution in [0.1, 0.15) is 65.2 Å². The third-order valence-electron chi connectivity index (χ3n) is 8.30. The van der Waals surface area contributed by atoms with E-state index in [0.717, 1.165) is 23.4 Å². The number of carbonyl (C=O) groups excluding carboxylic acids is 2. The highest BCUT2D eigenvalue weighted by Crippen LogP contribution is 2.36. The Hall–Kier alpha value is -3.90. The van der Waals surface area contributed by atoms with Crippen LogP contribution in [0, 0.1) is 0 Å². The van der Waals surface area contributed by atoms with Gasteiger partial charge in [0.1, 0.15) is 0 Å². The van der Waals surface area contributed by atoms with Crippen LogP contribution in [0.3, 0.4) is 0 Å². The fraction of sp³-hybridized carbons (Fsp3) is 0.394. The Morgan fingerprint density at radius 3 is 2.13 bits per heavy atom. The van der Waals surface area contributed by atoms with Crippen molar-refractivity contribution < 1.29 is 36.3 Å². The Kier molecular flexibility index (Phi) is 10.6. The Labute approximate surface area is 261 Å². The number of sulfone groups is 1. The summed E-state index contributed by atoms with van der Waals surface area (Å²) in [6.07, 6.45) is -2.78. The predicted molar refractivity (Wildman–Crippen MR) is 166 cm³/mol. The minimum atomic E-state index is -4.41. The molecule has 4 rings (SSSR count). The summed E-state index contributed by atoms with van der Waals surface area (Å²) in [6.45, 7) is 1.64. The van der Waals surface area contributed by atoms with Crippen LogP contribution in [0.4, 0.5) is 18.9 Å². The van der Waals surface area contributed by atoms with Crippen LogP contribution in [0.15, 0.2) is 77.7 Å². The highest BCUT2D eigenvalue weighted by Gasteiger charge is 2.33. The SMILES string of the molecule is CCS(=O)(=O)c1ccc([C@H](CO)NC(=O)c2ccc(N3CC(c4ccc(C(F)(F)F)cc4)CC[C@H]3CC(=O)N(C)C)cc2)cc1. The first kappa shape index (κ1) is 34.0. The summed E-state index contributed by atoms with van der Waals surface area (Å²) < 4.78 is 63.6. The minimum absolute atomic E-state index is 0.0376. The van der Waals surface area contributed by atoms with Gasteiger partial charge in [0, 0.05) is 50.3 Å². The zero-order chi connectivity index (χ0) is 32.9. The van der Waals surface area contributed by atoms with E-state index in [1.165, 1.54) is 29.2 Å². The largest absolute Gasteiger partial charge is 0.416 e. The van der Waals surface area contributed by atoms with Crippen molar-refractivity contribution in [1.82, 2.24) is 10.2 Å². The summed E-state index contributed by atoms with van der Waals surface area (Å²) in [5.41, 5.74) is 1.74. The molecule has 3 aromatic rings. The van der Waals surface area contributed by atoms with Crippen molar-refractivity contribution in [1.29, 1.82) is 0 Å². The summed E-state index contributed by atoms with van der Waals surface area (Å²) in [5, 5.41) is 12.7. The second-order valence-electron chi connectivity index (χ2n) is 11.4. The molecule has 0 spiro atoms. The van der Waals surface area contributed by atoms with E-state index < -0.39 is 40.1 Å². The number of aliphatic hydroxyl groups is 1. The van der Waals surface area contributed by atoms with E-state index in [0.29, 0.717) is 30.5 Å². The Morgan fingerprint density at radius 1 is 0.978 bits per heavy atom. The molecule has 2 N–H and O–H groups in total. The molecule has 0 radical (unpaired) electrons. The average Bonchev–Trinajstić information content (AvgIpc) is 3.03. The van der Waals surface area contributed by atoms with Crippen LogP contribution in [0.5, 0.6) is 0 Å². The molecule has 1 saturated heterocycles. The number of piperidine rings is 1. The van der Waals surface area contributed by atoms with Gasteiger partial charge in [-0.05, 0) is 72.5 Å². The van der Waals surface area contributed by atoms with Gasteiger partial charge in [0.15, 0.2) is 9.84 Å². The Morgan fingerprint density at radius 2 is 1.60 bits per heavy atom. The first-order valence-corrected chi connectivity index (χ1v) is 16.4. The molecular formula is C33H38F3N3O5S. The molecule has 3 atom stereocenters. The van der Waals surface area contributed by atoms with Crippen molar-refractivity contribution in [2.75, 3.05) is 37.9 Å². The maximum atomic E-state index is 13.1. The van der Waals surface area contributed by atoms with Gasteiger partial charge in [-0.15, -0.1) is 0 Å². The van der Waals surface area contributed by atoms with Crippen LogP contribution >= 0.6 is 0 Å². The van der Waals surface area contributed by atoms with Gasteiger partial charge in [0.05, 0.1) is 28.9 Å². The van der Waals surface area contributed by atoms with E-state index in [9.17, 15) is 36.3 Å². The maximum absolute atomic E-state index is 13.1. The number of hydrogen-bond acceptors (Lipinski definition) is 6. The maximum Gasteiger partial charge on any atom is 0.416 e. The van der Waals surface area contributed by atoms with Gasteiger partial charge in [-0.25, -0.2) is 8.42 Å². The number of alkyl halides is 3. The molecule has 1 fully saturated rings. The number of hydrogen-bond donors (Lipinski definition) is 2. The van der Waals surface area contributed by atoms with Gasteiger partial charge in [-0.1, -0.05) is 31.2 Å². The van der Waals surface area contributed by atoms with E-state index in [-0.39, 0.29) is 34.9 Å².